The normalized spacial score (nSPS) is 14.4. The summed E-state index contributed by atoms with van der Waals surface area (Å²) in [4.78, 5) is 0. The number of nitrogens with one attached hydrogen (secondary N) is 1. The fraction of sp³-hybridized carbons (Fsp3) is 0.412. The molecule has 4 heteroatoms. The van der Waals surface area contributed by atoms with Gasteiger partial charge in [0, 0.05) is 6.04 Å². The highest BCUT2D eigenvalue weighted by Crippen LogP contribution is 2.23. The molecule has 3 rings (SSSR count). The van der Waals surface area contributed by atoms with Gasteiger partial charge in [-0.1, -0.05) is 12.1 Å². The maximum absolute atomic E-state index is 13.8. The molecule has 1 saturated carbocycles. The van der Waals surface area contributed by atoms with E-state index in [1.807, 2.05) is 13.0 Å². The average molecular weight is 289 g/mol. The molecule has 1 heterocycles. The molecule has 21 heavy (non-hydrogen) atoms. The van der Waals surface area contributed by atoms with Gasteiger partial charge in [0.05, 0.1) is 6.54 Å². The lowest BCUT2D eigenvalue weighted by atomic mass is 10.2. The molecule has 112 valence electrons. The number of halogens is 1. The first-order valence-corrected chi connectivity index (χ1v) is 7.33. The molecule has 0 atom stereocenters. The van der Waals surface area contributed by atoms with Crippen molar-refractivity contribution in [3.63, 3.8) is 0 Å². The molecule has 0 aliphatic heterocycles. The van der Waals surface area contributed by atoms with Crippen molar-refractivity contribution < 1.29 is 13.5 Å². The van der Waals surface area contributed by atoms with E-state index in [4.69, 9.17) is 9.15 Å². The Bertz CT molecular complexity index is 632. The van der Waals surface area contributed by atoms with Crippen molar-refractivity contribution >= 4 is 0 Å². The summed E-state index contributed by atoms with van der Waals surface area (Å²) in [5.41, 5.74) is 1.68. The van der Waals surface area contributed by atoms with Gasteiger partial charge in [-0.3, -0.25) is 0 Å². The van der Waals surface area contributed by atoms with Crippen LogP contribution in [0.3, 0.4) is 0 Å². The van der Waals surface area contributed by atoms with E-state index in [2.05, 4.69) is 5.32 Å². The molecule has 1 fully saturated rings. The van der Waals surface area contributed by atoms with E-state index < -0.39 is 0 Å². The smallest absolute Gasteiger partial charge is 0.167 e. The molecule has 1 aliphatic carbocycles. The Morgan fingerprint density at radius 1 is 1.29 bits per heavy atom. The van der Waals surface area contributed by atoms with Crippen LogP contribution >= 0.6 is 0 Å². The number of ether oxygens (including phenoxy) is 1. The van der Waals surface area contributed by atoms with Crippen LogP contribution in [0.2, 0.25) is 0 Å². The molecule has 0 amide bonds. The van der Waals surface area contributed by atoms with Crippen LogP contribution in [0.15, 0.2) is 28.7 Å². The second kappa shape index (κ2) is 5.90. The Hall–Kier alpha value is -1.81. The standard InChI is InChI=1S/C17H20FNO2/c1-11-4-3-5-15(17(11)18)20-10-14-8-12(2)16(21-14)9-19-13-6-7-13/h3-5,8,13,19H,6-7,9-10H2,1-2H3. The van der Waals surface area contributed by atoms with Crippen molar-refractivity contribution in [2.75, 3.05) is 0 Å². The largest absolute Gasteiger partial charge is 0.483 e. The highest BCUT2D eigenvalue weighted by molar-refractivity contribution is 5.30. The summed E-state index contributed by atoms with van der Waals surface area (Å²) in [5, 5.41) is 3.42. The van der Waals surface area contributed by atoms with Gasteiger partial charge in [0.15, 0.2) is 11.6 Å². The van der Waals surface area contributed by atoms with Crippen molar-refractivity contribution in [1.82, 2.24) is 5.32 Å². The van der Waals surface area contributed by atoms with Crippen molar-refractivity contribution in [3.8, 4) is 5.75 Å². The number of aryl methyl sites for hydroxylation is 2. The van der Waals surface area contributed by atoms with Crippen molar-refractivity contribution in [3.05, 3.63) is 52.7 Å². The number of benzene rings is 1. The van der Waals surface area contributed by atoms with Gasteiger partial charge >= 0.3 is 0 Å². The zero-order chi connectivity index (χ0) is 14.8. The molecule has 2 aromatic rings. The molecule has 0 saturated heterocycles. The summed E-state index contributed by atoms with van der Waals surface area (Å²) < 4.78 is 25.1. The molecule has 1 N–H and O–H groups in total. The zero-order valence-corrected chi connectivity index (χ0v) is 12.4. The summed E-state index contributed by atoms with van der Waals surface area (Å²) in [6, 6.07) is 7.74. The first-order chi connectivity index (χ1) is 10.1. The highest BCUT2D eigenvalue weighted by Gasteiger charge is 2.21. The van der Waals surface area contributed by atoms with E-state index in [1.54, 1.807) is 25.1 Å². The fourth-order valence-corrected chi connectivity index (χ4v) is 2.24. The van der Waals surface area contributed by atoms with Gasteiger partial charge in [-0.15, -0.1) is 0 Å². The molecule has 0 radical (unpaired) electrons. The summed E-state index contributed by atoms with van der Waals surface area (Å²) in [5.74, 6) is 1.62. The molecule has 1 aliphatic rings. The molecule has 1 aromatic carbocycles. The van der Waals surface area contributed by atoms with E-state index in [1.165, 1.54) is 12.8 Å². The minimum Gasteiger partial charge on any atom is -0.483 e. The molecular weight excluding hydrogens is 269 g/mol. The van der Waals surface area contributed by atoms with Gasteiger partial charge in [0.1, 0.15) is 18.1 Å². The zero-order valence-electron chi connectivity index (χ0n) is 12.4. The van der Waals surface area contributed by atoms with Crippen LogP contribution in [0, 0.1) is 19.7 Å². The average Bonchev–Trinajstić information content (AvgIpc) is 3.22. The second-order valence-corrected chi connectivity index (χ2v) is 5.65. The highest BCUT2D eigenvalue weighted by atomic mass is 19.1. The third-order valence-electron chi connectivity index (χ3n) is 3.73. The van der Waals surface area contributed by atoms with Crippen molar-refractivity contribution in [2.24, 2.45) is 0 Å². The molecule has 0 spiro atoms. The van der Waals surface area contributed by atoms with Crippen molar-refractivity contribution in [1.29, 1.82) is 0 Å². The van der Waals surface area contributed by atoms with Crippen LogP contribution in [0.4, 0.5) is 4.39 Å². The lowest BCUT2D eigenvalue weighted by molar-refractivity contribution is 0.253. The van der Waals surface area contributed by atoms with Gasteiger partial charge < -0.3 is 14.5 Å². The van der Waals surface area contributed by atoms with Gasteiger partial charge in [-0.2, -0.15) is 0 Å². The van der Waals surface area contributed by atoms with E-state index in [0.29, 0.717) is 11.6 Å². The predicted octanol–water partition coefficient (Wildman–Crippen LogP) is 3.87. The molecule has 1 aromatic heterocycles. The first kappa shape index (κ1) is 14.1. The van der Waals surface area contributed by atoms with Crippen LogP contribution in [0.1, 0.15) is 35.5 Å². The first-order valence-electron chi connectivity index (χ1n) is 7.33. The van der Waals surface area contributed by atoms with E-state index >= 15 is 0 Å². The Morgan fingerprint density at radius 2 is 2.10 bits per heavy atom. The molecule has 0 unspecified atom stereocenters. The van der Waals surface area contributed by atoms with Crippen LogP contribution < -0.4 is 10.1 Å². The Morgan fingerprint density at radius 3 is 2.86 bits per heavy atom. The Labute approximate surface area is 124 Å². The maximum atomic E-state index is 13.8. The number of hydrogen-bond donors (Lipinski definition) is 1. The third kappa shape index (κ3) is 3.45. The topological polar surface area (TPSA) is 34.4 Å². The van der Waals surface area contributed by atoms with E-state index in [-0.39, 0.29) is 18.2 Å². The van der Waals surface area contributed by atoms with Crippen LogP contribution in [-0.2, 0) is 13.2 Å². The predicted molar refractivity (Wildman–Crippen MR) is 78.8 cm³/mol. The Kier molecular flexibility index (Phi) is 3.97. The van der Waals surface area contributed by atoms with Crippen molar-refractivity contribution in [2.45, 2.75) is 45.9 Å². The van der Waals surface area contributed by atoms with E-state index in [0.717, 1.165) is 23.6 Å². The van der Waals surface area contributed by atoms with E-state index in [9.17, 15) is 4.39 Å². The lowest BCUT2D eigenvalue weighted by Gasteiger charge is -2.07. The van der Waals surface area contributed by atoms with Gasteiger partial charge in [-0.05, 0) is 49.9 Å². The summed E-state index contributed by atoms with van der Waals surface area (Å²) >= 11 is 0. The fourth-order valence-electron chi connectivity index (χ4n) is 2.24. The number of hydrogen-bond acceptors (Lipinski definition) is 3. The summed E-state index contributed by atoms with van der Waals surface area (Å²) in [6.45, 7) is 4.73. The maximum Gasteiger partial charge on any atom is 0.167 e. The monoisotopic (exact) mass is 289 g/mol. The number of rotatable bonds is 6. The van der Waals surface area contributed by atoms with Gasteiger partial charge in [0.2, 0.25) is 0 Å². The van der Waals surface area contributed by atoms with Crippen LogP contribution in [-0.4, -0.2) is 6.04 Å². The minimum absolute atomic E-state index is 0.241. The molecule has 3 nitrogen and oxygen atoms in total. The minimum atomic E-state index is -0.309. The van der Waals surface area contributed by atoms with Gasteiger partial charge in [0.25, 0.3) is 0 Å². The molecule has 0 bridgehead atoms. The number of furan rings is 1. The second-order valence-electron chi connectivity index (χ2n) is 5.65. The SMILES string of the molecule is Cc1cc(COc2cccc(C)c2F)oc1CNC1CC1. The molecular formula is C17H20FNO2. The van der Waals surface area contributed by atoms with Crippen LogP contribution in [0.25, 0.3) is 0 Å². The Balaban J connectivity index is 1.62. The van der Waals surface area contributed by atoms with Gasteiger partial charge in [-0.25, -0.2) is 4.39 Å². The third-order valence-corrected chi connectivity index (χ3v) is 3.73. The lowest BCUT2D eigenvalue weighted by Crippen LogP contribution is -2.15. The summed E-state index contributed by atoms with van der Waals surface area (Å²) in [7, 11) is 0. The van der Waals surface area contributed by atoms with Crippen LogP contribution in [0.5, 0.6) is 5.75 Å². The quantitative estimate of drug-likeness (QED) is 0.876. The summed E-state index contributed by atoms with van der Waals surface area (Å²) in [6.07, 6.45) is 2.50.